The van der Waals surface area contributed by atoms with Crippen LogP contribution in [0.5, 0.6) is 0 Å². The molecule has 4 nitrogen and oxygen atoms in total. The number of halogens is 2. The monoisotopic (exact) mass is 282 g/mol. The molecular formula is C14H16F2N2O2. The lowest BCUT2D eigenvalue weighted by atomic mass is 9.97. The van der Waals surface area contributed by atoms with Crippen molar-refractivity contribution in [3.05, 3.63) is 29.8 Å². The van der Waals surface area contributed by atoms with Gasteiger partial charge < -0.3 is 10.2 Å². The van der Waals surface area contributed by atoms with Crippen LogP contribution in [0, 0.1) is 17.6 Å². The van der Waals surface area contributed by atoms with E-state index in [9.17, 15) is 18.4 Å². The molecule has 1 aliphatic heterocycles. The number of hydrogen-bond acceptors (Lipinski definition) is 2. The fourth-order valence-electron chi connectivity index (χ4n) is 2.30. The van der Waals surface area contributed by atoms with Crippen molar-refractivity contribution in [2.75, 3.05) is 18.4 Å². The number of piperidine rings is 1. The SMILES string of the molecule is CC(=O)N1CCCC(C(=O)Nc2ccc(F)c(F)c2)C1. The highest BCUT2D eigenvalue weighted by molar-refractivity contribution is 5.93. The number of rotatable bonds is 2. The van der Waals surface area contributed by atoms with Crippen LogP contribution in [-0.4, -0.2) is 29.8 Å². The maximum atomic E-state index is 13.1. The fraction of sp³-hybridized carbons (Fsp3) is 0.429. The van der Waals surface area contributed by atoms with Gasteiger partial charge in [-0.05, 0) is 25.0 Å². The molecule has 0 aliphatic carbocycles. The van der Waals surface area contributed by atoms with Crippen molar-refractivity contribution in [1.82, 2.24) is 4.90 Å². The Balaban J connectivity index is 2.00. The van der Waals surface area contributed by atoms with Crippen molar-refractivity contribution in [3.8, 4) is 0 Å². The van der Waals surface area contributed by atoms with Crippen LogP contribution in [0.4, 0.5) is 14.5 Å². The topological polar surface area (TPSA) is 49.4 Å². The highest BCUT2D eigenvalue weighted by atomic mass is 19.2. The number of likely N-dealkylation sites (tertiary alicyclic amines) is 1. The number of nitrogens with one attached hydrogen (secondary N) is 1. The number of carbonyl (C=O) groups is 2. The second-order valence-corrected chi connectivity index (χ2v) is 4.92. The van der Waals surface area contributed by atoms with Gasteiger partial charge >= 0.3 is 0 Å². The van der Waals surface area contributed by atoms with Crippen molar-refractivity contribution >= 4 is 17.5 Å². The van der Waals surface area contributed by atoms with Gasteiger partial charge in [-0.1, -0.05) is 0 Å². The summed E-state index contributed by atoms with van der Waals surface area (Å²) in [7, 11) is 0. The van der Waals surface area contributed by atoms with Gasteiger partial charge in [0.05, 0.1) is 5.92 Å². The average molecular weight is 282 g/mol. The molecule has 2 amide bonds. The van der Waals surface area contributed by atoms with Crippen LogP contribution in [0.3, 0.4) is 0 Å². The molecule has 0 spiro atoms. The minimum atomic E-state index is -1.00. The summed E-state index contributed by atoms with van der Waals surface area (Å²) in [6, 6.07) is 3.22. The van der Waals surface area contributed by atoms with Gasteiger partial charge in [-0.2, -0.15) is 0 Å². The smallest absolute Gasteiger partial charge is 0.229 e. The van der Waals surface area contributed by atoms with Crippen LogP contribution in [0.2, 0.25) is 0 Å². The van der Waals surface area contributed by atoms with E-state index in [1.165, 1.54) is 13.0 Å². The summed E-state index contributed by atoms with van der Waals surface area (Å²) in [6.45, 7) is 2.49. The lowest BCUT2D eigenvalue weighted by molar-refractivity contribution is -0.132. The molecule has 1 fully saturated rings. The summed E-state index contributed by atoms with van der Waals surface area (Å²) in [5.74, 6) is -2.61. The number of carbonyl (C=O) groups excluding carboxylic acids is 2. The molecule has 1 N–H and O–H groups in total. The van der Waals surface area contributed by atoms with Crippen LogP contribution in [0.1, 0.15) is 19.8 Å². The third-order valence-electron chi connectivity index (χ3n) is 3.42. The zero-order valence-corrected chi connectivity index (χ0v) is 11.2. The summed E-state index contributed by atoms with van der Waals surface area (Å²) >= 11 is 0. The quantitative estimate of drug-likeness (QED) is 0.903. The maximum Gasteiger partial charge on any atom is 0.229 e. The zero-order chi connectivity index (χ0) is 14.7. The summed E-state index contributed by atoms with van der Waals surface area (Å²) < 4.78 is 25.9. The molecular weight excluding hydrogens is 266 g/mol. The molecule has 0 radical (unpaired) electrons. The van der Waals surface area contributed by atoms with Crippen molar-refractivity contribution in [2.45, 2.75) is 19.8 Å². The van der Waals surface area contributed by atoms with Crippen LogP contribution < -0.4 is 5.32 Å². The molecule has 1 saturated heterocycles. The van der Waals surface area contributed by atoms with Crippen molar-refractivity contribution in [3.63, 3.8) is 0 Å². The van der Waals surface area contributed by atoms with E-state index < -0.39 is 11.6 Å². The second kappa shape index (κ2) is 5.98. The fourth-order valence-corrected chi connectivity index (χ4v) is 2.30. The van der Waals surface area contributed by atoms with Gasteiger partial charge in [-0.15, -0.1) is 0 Å². The molecule has 1 aromatic rings. The first-order valence-electron chi connectivity index (χ1n) is 6.49. The first kappa shape index (κ1) is 14.4. The molecule has 2 rings (SSSR count). The minimum Gasteiger partial charge on any atom is -0.342 e. The molecule has 20 heavy (non-hydrogen) atoms. The van der Waals surface area contributed by atoms with E-state index in [4.69, 9.17) is 0 Å². The summed E-state index contributed by atoms with van der Waals surface area (Å²) in [4.78, 5) is 25.0. The molecule has 0 saturated carbocycles. The molecule has 1 atom stereocenters. The first-order valence-corrected chi connectivity index (χ1v) is 6.49. The van der Waals surface area contributed by atoms with E-state index in [1.807, 2.05) is 0 Å². The van der Waals surface area contributed by atoms with E-state index >= 15 is 0 Å². The van der Waals surface area contributed by atoms with Gasteiger partial charge in [0.15, 0.2) is 11.6 Å². The third-order valence-corrected chi connectivity index (χ3v) is 3.42. The third kappa shape index (κ3) is 3.31. The van der Waals surface area contributed by atoms with Gasteiger partial charge in [-0.3, -0.25) is 9.59 Å². The van der Waals surface area contributed by atoms with Gasteiger partial charge in [0.25, 0.3) is 0 Å². The van der Waals surface area contributed by atoms with Crippen LogP contribution in [0.15, 0.2) is 18.2 Å². The predicted octanol–water partition coefficient (Wildman–Crippen LogP) is 2.16. The number of hydrogen-bond donors (Lipinski definition) is 1. The Kier molecular flexibility index (Phi) is 4.32. The highest BCUT2D eigenvalue weighted by Crippen LogP contribution is 2.20. The lowest BCUT2D eigenvalue weighted by Crippen LogP contribution is -2.42. The van der Waals surface area contributed by atoms with Crippen molar-refractivity contribution < 1.29 is 18.4 Å². The Morgan fingerprint density at radius 3 is 2.70 bits per heavy atom. The highest BCUT2D eigenvalue weighted by Gasteiger charge is 2.27. The molecule has 1 aliphatic rings. The number of amides is 2. The van der Waals surface area contributed by atoms with Crippen LogP contribution in [-0.2, 0) is 9.59 Å². The van der Waals surface area contributed by atoms with E-state index in [0.717, 1.165) is 18.6 Å². The Hall–Kier alpha value is -1.98. The Morgan fingerprint density at radius 1 is 1.30 bits per heavy atom. The van der Waals surface area contributed by atoms with Gasteiger partial charge in [0.2, 0.25) is 11.8 Å². The zero-order valence-electron chi connectivity index (χ0n) is 11.2. The molecule has 6 heteroatoms. The summed E-state index contributed by atoms with van der Waals surface area (Å²) in [6.07, 6.45) is 1.44. The molecule has 1 unspecified atom stereocenters. The number of benzene rings is 1. The van der Waals surface area contributed by atoms with Gasteiger partial charge in [0, 0.05) is 31.8 Å². The molecule has 0 aromatic heterocycles. The Labute approximate surface area is 115 Å². The summed E-state index contributed by atoms with van der Waals surface area (Å²) in [5.41, 5.74) is 0.217. The Morgan fingerprint density at radius 2 is 2.05 bits per heavy atom. The van der Waals surface area contributed by atoms with Crippen LogP contribution in [0.25, 0.3) is 0 Å². The van der Waals surface area contributed by atoms with Crippen molar-refractivity contribution in [2.24, 2.45) is 5.92 Å². The van der Waals surface area contributed by atoms with Gasteiger partial charge in [0.1, 0.15) is 0 Å². The predicted molar refractivity (Wildman–Crippen MR) is 70.0 cm³/mol. The second-order valence-electron chi connectivity index (χ2n) is 4.92. The maximum absolute atomic E-state index is 13.1. The lowest BCUT2D eigenvalue weighted by Gasteiger charge is -2.31. The minimum absolute atomic E-state index is 0.0599. The largest absolute Gasteiger partial charge is 0.342 e. The van der Waals surface area contributed by atoms with E-state index in [1.54, 1.807) is 4.90 Å². The molecule has 0 bridgehead atoms. The normalized spacial score (nSPS) is 18.8. The van der Waals surface area contributed by atoms with E-state index in [2.05, 4.69) is 5.32 Å². The van der Waals surface area contributed by atoms with Crippen molar-refractivity contribution in [1.29, 1.82) is 0 Å². The molecule has 108 valence electrons. The average Bonchev–Trinajstić information content (AvgIpc) is 2.43. The standard InChI is InChI=1S/C14H16F2N2O2/c1-9(19)18-6-2-3-10(8-18)14(20)17-11-4-5-12(15)13(16)7-11/h4-5,7,10H,2-3,6,8H2,1H3,(H,17,20). The summed E-state index contributed by atoms with van der Waals surface area (Å²) in [5, 5.41) is 2.56. The number of nitrogens with zero attached hydrogens (tertiary/aromatic N) is 1. The molecule has 1 heterocycles. The van der Waals surface area contributed by atoms with Crippen LogP contribution >= 0.6 is 0 Å². The number of anilines is 1. The van der Waals surface area contributed by atoms with E-state index in [-0.39, 0.29) is 23.4 Å². The molecule has 1 aromatic carbocycles. The Bertz CT molecular complexity index is 534. The first-order chi connectivity index (χ1) is 9.47. The van der Waals surface area contributed by atoms with E-state index in [0.29, 0.717) is 19.5 Å². The van der Waals surface area contributed by atoms with Gasteiger partial charge in [-0.25, -0.2) is 8.78 Å².